The molecule has 0 aliphatic carbocycles. The zero-order chi connectivity index (χ0) is 56.9. The van der Waals surface area contributed by atoms with Gasteiger partial charge in [0.15, 0.2) is 18.9 Å². The molecule has 0 bridgehead atoms. The summed E-state index contributed by atoms with van der Waals surface area (Å²) in [7, 11) is 0. The quantitative estimate of drug-likeness (QED) is 0.0312. The Labute approximate surface area is 468 Å². The largest absolute Gasteiger partial charge is 0.394 e. The maximum Gasteiger partial charge on any atom is 0.220 e. The van der Waals surface area contributed by atoms with Crippen LogP contribution >= 0.6 is 0 Å². The monoisotopic (exact) mass is 1120 g/mol. The molecule has 0 radical (unpaired) electrons. The zero-order valence-electron chi connectivity index (χ0n) is 48.2. The maximum atomic E-state index is 13.3. The fourth-order valence-corrected chi connectivity index (χ4v) is 11.0. The van der Waals surface area contributed by atoms with Crippen molar-refractivity contribution in [1.82, 2.24) is 5.32 Å². The van der Waals surface area contributed by atoms with E-state index < -0.39 is 124 Å². The van der Waals surface area contributed by atoms with Crippen LogP contribution in [-0.2, 0) is 33.2 Å². The number of nitrogens with one attached hydrogen (secondary N) is 1. The van der Waals surface area contributed by atoms with Crippen LogP contribution < -0.4 is 5.32 Å². The second kappa shape index (κ2) is 43.4. The number of amides is 1. The van der Waals surface area contributed by atoms with Gasteiger partial charge in [0.1, 0.15) is 73.2 Å². The van der Waals surface area contributed by atoms with Gasteiger partial charge in [-0.25, -0.2) is 0 Å². The molecule has 0 aromatic rings. The van der Waals surface area contributed by atoms with E-state index >= 15 is 0 Å². The summed E-state index contributed by atoms with van der Waals surface area (Å²) >= 11 is 0. The first kappa shape index (κ1) is 71.1. The molecule has 17 unspecified atom stereocenters. The fourth-order valence-electron chi connectivity index (χ4n) is 11.0. The highest BCUT2D eigenvalue weighted by molar-refractivity contribution is 5.76. The molecular formula is C59H113NO18. The smallest absolute Gasteiger partial charge is 0.220 e. The summed E-state index contributed by atoms with van der Waals surface area (Å²) in [6.45, 7) is 1.79. The number of hydrogen-bond acceptors (Lipinski definition) is 18. The zero-order valence-corrected chi connectivity index (χ0v) is 48.2. The van der Waals surface area contributed by atoms with Crippen molar-refractivity contribution >= 4 is 5.91 Å². The van der Waals surface area contributed by atoms with E-state index in [-0.39, 0.29) is 18.9 Å². The summed E-state index contributed by atoms with van der Waals surface area (Å²) in [5.74, 6) is -0.242. The number of aliphatic hydroxyl groups excluding tert-OH is 11. The molecule has 462 valence electrons. The number of hydrogen-bond donors (Lipinski definition) is 12. The Morgan fingerprint density at radius 2 is 0.731 bits per heavy atom. The Morgan fingerprint density at radius 1 is 0.410 bits per heavy atom. The van der Waals surface area contributed by atoms with Crippen LogP contribution in [0.5, 0.6) is 0 Å². The first-order valence-electron chi connectivity index (χ1n) is 31.3. The highest BCUT2D eigenvalue weighted by Gasteiger charge is 2.53. The highest BCUT2D eigenvalue weighted by atomic mass is 16.8. The second-order valence-electron chi connectivity index (χ2n) is 22.9. The van der Waals surface area contributed by atoms with Crippen molar-refractivity contribution in [2.75, 3.05) is 26.4 Å². The van der Waals surface area contributed by atoms with Crippen LogP contribution in [0.1, 0.15) is 239 Å². The van der Waals surface area contributed by atoms with E-state index in [0.29, 0.717) is 12.8 Å². The predicted molar refractivity (Wildman–Crippen MR) is 296 cm³/mol. The molecule has 1 amide bonds. The third kappa shape index (κ3) is 27.0. The third-order valence-electron chi connectivity index (χ3n) is 16.2. The topological polar surface area (TPSA) is 307 Å². The molecule has 12 N–H and O–H groups in total. The lowest BCUT2D eigenvalue weighted by molar-refractivity contribution is -0.379. The molecule has 17 atom stereocenters. The molecule has 3 aliphatic heterocycles. The van der Waals surface area contributed by atoms with Crippen LogP contribution in [-0.4, -0.2) is 193 Å². The Hall–Kier alpha value is -1.21. The number of carbonyl (C=O) groups excluding carboxylic acids is 1. The van der Waals surface area contributed by atoms with Gasteiger partial charge in [0.2, 0.25) is 5.91 Å². The summed E-state index contributed by atoms with van der Waals surface area (Å²) < 4.78 is 34.3. The van der Waals surface area contributed by atoms with Gasteiger partial charge in [-0.2, -0.15) is 0 Å². The first-order chi connectivity index (χ1) is 37.8. The summed E-state index contributed by atoms with van der Waals surface area (Å²) in [6, 6.07) is -0.879. The minimum absolute atomic E-state index is 0.242. The van der Waals surface area contributed by atoms with E-state index in [0.717, 1.165) is 44.9 Å². The first-order valence-corrected chi connectivity index (χ1v) is 31.3. The van der Waals surface area contributed by atoms with E-state index in [1.165, 1.54) is 161 Å². The number of rotatable bonds is 47. The Morgan fingerprint density at radius 3 is 1.12 bits per heavy atom. The number of ether oxygens (including phenoxy) is 6. The van der Waals surface area contributed by atoms with Gasteiger partial charge in [0.05, 0.1) is 38.6 Å². The summed E-state index contributed by atoms with van der Waals surface area (Å²) in [5.41, 5.74) is 0. The van der Waals surface area contributed by atoms with Crippen LogP contribution in [0.2, 0.25) is 0 Å². The average molecular weight is 1120 g/mol. The second-order valence-corrected chi connectivity index (χ2v) is 22.9. The van der Waals surface area contributed by atoms with Crippen molar-refractivity contribution in [3.8, 4) is 0 Å². The molecule has 19 nitrogen and oxygen atoms in total. The molecule has 3 saturated heterocycles. The molecule has 3 rings (SSSR count). The van der Waals surface area contributed by atoms with Crippen LogP contribution in [0, 0.1) is 0 Å². The van der Waals surface area contributed by atoms with E-state index in [1.807, 2.05) is 0 Å². The predicted octanol–water partition coefficient (Wildman–Crippen LogP) is 5.99. The van der Waals surface area contributed by atoms with E-state index in [9.17, 15) is 61.0 Å². The van der Waals surface area contributed by atoms with Crippen LogP contribution in [0.4, 0.5) is 0 Å². The van der Waals surface area contributed by atoms with Gasteiger partial charge in [0, 0.05) is 6.42 Å². The van der Waals surface area contributed by atoms with Crippen molar-refractivity contribution < 1.29 is 89.4 Å². The fraction of sp³-hybridized carbons (Fsp3) is 0.983. The Kier molecular flexibility index (Phi) is 39.6. The molecule has 0 aromatic heterocycles. The molecule has 0 aromatic carbocycles. The molecular weight excluding hydrogens is 1010 g/mol. The minimum atomic E-state index is -1.97. The SMILES string of the molecule is CCCCCCCCCCCCCCCCCCCCCCCCCC(O)C(COC1OC(CO)C(OC2OC(CO)C(OC3OC(CO)C(O)C(O)C3O)C(O)C2O)C(O)C1O)NC(=O)CCCCCCCCCCCC. The average Bonchev–Trinajstić information content (AvgIpc) is 3.45. The summed E-state index contributed by atoms with van der Waals surface area (Å²) in [6.07, 6.45) is 14.9. The van der Waals surface area contributed by atoms with Crippen molar-refractivity contribution in [2.45, 2.75) is 343 Å². The lowest BCUT2D eigenvalue weighted by atomic mass is 9.96. The van der Waals surface area contributed by atoms with Gasteiger partial charge < -0.3 is 89.9 Å². The van der Waals surface area contributed by atoms with Gasteiger partial charge >= 0.3 is 0 Å². The molecule has 3 heterocycles. The number of unbranched alkanes of at least 4 members (excludes halogenated alkanes) is 31. The van der Waals surface area contributed by atoms with E-state index in [2.05, 4.69) is 19.2 Å². The molecule has 78 heavy (non-hydrogen) atoms. The lowest BCUT2D eigenvalue weighted by Gasteiger charge is -2.48. The number of carbonyl (C=O) groups is 1. The van der Waals surface area contributed by atoms with E-state index in [4.69, 9.17) is 28.4 Å². The lowest BCUT2D eigenvalue weighted by Crippen LogP contribution is -2.66. The summed E-state index contributed by atoms with van der Waals surface area (Å²) in [4.78, 5) is 13.3. The molecule has 0 spiro atoms. The molecule has 3 fully saturated rings. The summed E-state index contributed by atoms with van der Waals surface area (Å²) in [5, 5.41) is 120. The van der Waals surface area contributed by atoms with Gasteiger partial charge in [-0.3, -0.25) is 4.79 Å². The van der Waals surface area contributed by atoms with Crippen molar-refractivity contribution in [3.05, 3.63) is 0 Å². The van der Waals surface area contributed by atoms with Crippen molar-refractivity contribution in [2.24, 2.45) is 0 Å². The van der Waals surface area contributed by atoms with Crippen LogP contribution in [0.3, 0.4) is 0 Å². The molecule has 0 saturated carbocycles. The maximum absolute atomic E-state index is 13.3. The van der Waals surface area contributed by atoms with Crippen molar-refractivity contribution in [3.63, 3.8) is 0 Å². The number of aliphatic hydroxyl groups is 11. The van der Waals surface area contributed by atoms with Crippen molar-refractivity contribution in [1.29, 1.82) is 0 Å². The van der Waals surface area contributed by atoms with Gasteiger partial charge in [-0.1, -0.05) is 219 Å². The Balaban J connectivity index is 1.44. The highest BCUT2D eigenvalue weighted by Crippen LogP contribution is 2.33. The van der Waals surface area contributed by atoms with Crippen LogP contribution in [0.15, 0.2) is 0 Å². The third-order valence-corrected chi connectivity index (χ3v) is 16.2. The van der Waals surface area contributed by atoms with Gasteiger partial charge in [0.25, 0.3) is 0 Å². The molecule has 3 aliphatic rings. The molecule has 19 heteroatoms. The van der Waals surface area contributed by atoms with Gasteiger partial charge in [-0.15, -0.1) is 0 Å². The normalized spacial score (nSPS) is 30.4. The minimum Gasteiger partial charge on any atom is -0.394 e. The standard InChI is InChI=1S/C59H113NO18/c1-3-5-7-9-11-13-15-16-17-18-19-20-21-22-23-24-25-26-27-28-30-32-34-36-43(64)42(60-47(65)37-35-33-31-29-14-12-10-8-6-4-2)41-73-57-53(71)50(68)55(45(39-62)75-57)78-59-54(72)51(69)56(46(40-63)76-59)77-58-52(70)49(67)48(66)44(38-61)74-58/h42-46,48-59,61-64,66-72H,3-41H2,1-2H3,(H,60,65). The Bertz CT molecular complexity index is 1440. The van der Waals surface area contributed by atoms with E-state index in [1.54, 1.807) is 0 Å². The van der Waals surface area contributed by atoms with Gasteiger partial charge in [-0.05, 0) is 12.8 Å². The van der Waals surface area contributed by atoms with Crippen LogP contribution in [0.25, 0.3) is 0 Å².